The number of aromatic nitrogens is 1. The molecule has 9 nitrogen and oxygen atoms in total. The zero-order valence-electron chi connectivity index (χ0n) is 25.9. The molecule has 0 bridgehead atoms. The third kappa shape index (κ3) is 11.4. The maximum Gasteiger partial charge on any atom is 0.491 e. The number of halogens is 3. The van der Waals surface area contributed by atoms with Gasteiger partial charge in [0.15, 0.2) is 0 Å². The largest absolute Gasteiger partial charge is 0.491 e. The van der Waals surface area contributed by atoms with Gasteiger partial charge in [0.1, 0.15) is 11.9 Å². The molecule has 12 heteroatoms. The van der Waals surface area contributed by atoms with Crippen molar-refractivity contribution in [1.29, 1.82) is 0 Å². The molecule has 1 unspecified atom stereocenters. The van der Waals surface area contributed by atoms with Gasteiger partial charge in [-0.2, -0.15) is 13.2 Å². The minimum absolute atomic E-state index is 0.107. The van der Waals surface area contributed by atoms with Crippen molar-refractivity contribution in [2.75, 3.05) is 11.9 Å². The van der Waals surface area contributed by atoms with Crippen LogP contribution in [0, 0.1) is 0 Å². The van der Waals surface area contributed by atoms with Crippen molar-refractivity contribution >= 4 is 29.6 Å². The number of amides is 2. The van der Waals surface area contributed by atoms with E-state index in [9.17, 15) is 32.3 Å². The van der Waals surface area contributed by atoms with E-state index in [2.05, 4.69) is 25.7 Å². The van der Waals surface area contributed by atoms with Crippen LogP contribution >= 0.6 is 0 Å². The van der Waals surface area contributed by atoms with Crippen molar-refractivity contribution in [3.63, 3.8) is 0 Å². The third-order valence-corrected chi connectivity index (χ3v) is 7.28. The highest BCUT2D eigenvalue weighted by molar-refractivity contribution is 5.90. The number of pyridine rings is 1. The number of anilines is 1. The topological polar surface area (TPSA) is 126 Å². The Labute approximate surface area is 275 Å². The van der Waals surface area contributed by atoms with E-state index in [0.29, 0.717) is 24.9 Å². The molecular weight excluding hydrogens is 625 g/mol. The maximum atomic E-state index is 13.7. The predicted octanol–water partition coefficient (Wildman–Crippen LogP) is 5.94. The summed E-state index contributed by atoms with van der Waals surface area (Å²) in [4.78, 5) is 54.7. The molecule has 250 valence electrons. The van der Waals surface area contributed by atoms with Crippen LogP contribution in [0.2, 0.25) is 0 Å². The molecule has 0 aliphatic rings. The highest BCUT2D eigenvalue weighted by atomic mass is 19.4. The van der Waals surface area contributed by atoms with Gasteiger partial charge in [-0.25, -0.2) is 9.78 Å². The summed E-state index contributed by atoms with van der Waals surface area (Å²) in [6, 6.07) is 28.3. The van der Waals surface area contributed by atoms with Gasteiger partial charge in [-0.3, -0.25) is 14.4 Å². The molecule has 0 spiro atoms. The molecule has 0 aliphatic carbocycles. The number of esters is 2. The fourth-order valence-electron chi connectivity index (χ4n) is 4.85. The van der Waals surface area contributed by atoms with Gasteiger partial charge in [-0.1, -0.05) is 91.0 Å². The Balaban J connectivity index is 1.47. The van der Waals surface area contributed by atoms with Crippen molar-refractivity contribution in [1.82, 2.24) is 15.6 Å². The van der Waals surface area contributed by atoms with E-state index < -0.39 is 42.5 Å². The Bertz CT molecular complexity index is 1640. The molecule has 2 atom stereocenters. The fourth-order valence-corrected chi connectivity index (χ4v) is 4.85. The van der Waals surface area contributed by atoms with Gasteiger partial charge in [0.25, 0.3) is 0 Å². The van der Waals surface area contributed by atoms with E-state index in [1.165, 1.54) is 0 Å². The molecule has 0 saturated carbocycles. The quantitative estimate of drug-likeness (QED) is 0.0819. The highest BCUT2D eigenvalue weighted by Gasteiger charge is 2.42. The van der Waals surface area contributed by atoms with Crippen LogP contribution in [0.15, 0.2) is 109 Å². The number of hydrogen-bond acceptors (Lipinski definition) is 7. The van der Waals surface area contributed by atoms with Crippen LogP contribution in [0.4, 0.5) is 19.0 Å². The van der Waals surface area contributed by atoms with Crippen LogP contribution in [0.5, 0.6) is 0 Å². The minimum Gasteiger partial charge on any atom is -0.386 e. The second-order valence-corrected chi connectivity index (χ2v) is 10.9. The first-order chi connectivity index (χ1) is 23.1. The van der Waals surface area contributed by atoms with Gasteiger partial charge < -0.3 is 20.7 Å². The van der Waals surface area contributed by atoms with Crippen molar-refractivity contribution in [2.24, 2.45) is 0 Å². The van der Waals surface area contributed by atoms with E-state index in [1.807, 2.05) is 48.5 Å². The summed E-state index contributed by atoms with van der Waals surface area (Å²) in [6.07, 6.45) is -3.03. The molecule has 4 rings (SSSR count). The Morgan fingerprint density at radius 3 is 2.04 bits per heavy atom. The third-order valence-electron chi connectivity index (χ3n) is 7.28. The van der Waals surface area contributed by atoms with Crippen LogP contribution < -0.4 is 16.0 Å². The molecule has 3 N–H and O–H groups in total. The number of carbonyl (C=O) groups excluding carboxylic acids is 4. The highest BCUT2D eigenvalue weighted by Crippen LogP contribution is 2.25. The molecule has 4 aromatic rings. The number of rotatable bonds is 15. The summed E-state index contributed by atoms with van der Waals surface area (Å²) >= 11 is 0. The molecular formula is C36H35F3N4O5. The smallest absolute Gasteiger partial charge is 0.386 e. The molecule has 0 aliphatic heterocycles. The summed E-state index contributed by atoms with van der Waals surface area (Å²) in [5.41, 5.74) is 2.85. The summed E-state index contributed by atoms with van der Waals surface area (Å²) in [5, 5.41) is 8.62. The number of unbranched alkanes of at least 4 members (excludes halogenated alkanes) is 1. The van der Waals surface area contributed by atoms with Gasteiger partial charge in [0.05, 0.1) is 12.5 Å². The number of hydrogen-bond donors (Lipinski definition) is 3. The van der Waals surface area contributed by atoms with Gasteiger partial charge >= 0.3 is 18.1 Å². The van der Waals surface area contributed by atoms with E-state index in [4.69, 9.17) is 0 Å². The fraction of sp³-hybridized carbons (Fsp3) is 0.250. The van der Waals surface area contributed by atoms with Crippen LogP contribution in [0.1, 0.15) is 42.9 Å². The Kier molecular flexibility index (Phi) is 12.8. The van der Waals surface area contributed by atoms with Crippen molar-refractivity contribution < 1.29 is 37.1 Å². The number of carbonyl (C=O) groups is 4. The number of alkyl halides is 3. The summed E-state index contributed by atoms with van der Waals surface area (Å²) in [6.45, 7) is 0.593. The zero-order chi connectivity index (χ0) is 34.4. The number of ether oxygens (including phenoxy) is 1. The monoisotopic (exact) mass is 660 g/mol. The Morgan fingerprint density at radius 2 is 1.40 bits per heavy atom. The molecule has 0 radical (unpaired) electrons. The summed E-state index contributed by atoms with van der Waals surface area (Å²) in [5.74, 6) is -4.45. The lowest BCUT2D eigenvalue weighted by Crippen LogP contribution is -2.49. The lowest BCUT2D eigenvalue weighted by Gasteiger charge is -2.24. The van der Waals surface area contributed by atoms with Crippen molar-refractivity contribution in [2.45, 2.75) is 50.4 Å². The second kappa shape index (κ2) is 17.4. The maximum absolute atomic E-state index is 13.7. The number of benzene rings is 3. The lowest BCUT2D eigenvalue weighted by atomic mass is 9.98. The molecule has 2 amide bonds. The predicted molar refractivity (Wildman–Crippen MR) is 173 cm³/mol. The minimum atomic E-state index is -5.37. The van der Waals surface area contributed by atoms with Crippen molar-refractivity contribution in [3.8, 4) is 11.1 Å². The molecule has 0 saturated heterocycles. The lowest BCUT2D eigenvalue weighted by molar-refractivity contribution is -0.202. The van der Waals surface area contributed by atoms with Crippen LogP contribution in [-0.4, -0.2) is 47.5 Å². The second-order valence-electron chi connectivity index (χ2n) is 10.9. The summed E-state index contributed by atoms with van der Waals surface area (Å²) in [7, 11) is 0. The van der Waals surface area contributed by atoms with E-state index in [-0.39, 0.29) is 18.7 Å². The van der Waals surface area contributed by atoms with Gasteiger partial charge in [0, 0.05) is 25.6 Å². The molecule has 3 aromatic carbocycles. The first kappa shape index (κ1) is 35.3. The number of nitrogens with one attached hydrogen (secondary N) is 3. The average molecular weight is 661 g/mol. The first-order valence-corrected chi connectivity index (χ1v) is 15.3. The Morgan fingerprint density at radius 1 is 0.750 bits per heavy atom. The van der Waals surface area contributed by atoms with E-state index in [0.717, 1.165) is 22.5 Å². The first-order valence-electron chi connectivity index (χ1n) is 15.3. The summed E-state index contributed by atoms with van der Waals surface area (Å²) < 4.78 is 42.4. The van der Waals surface area contributed by atoms with Gasteiger partial charge in [-0.05, 0) is 47.2 Å². The van der Waals surface area contributed by atoms with Gasteiger partial charge in [0.2, 0.25) is 11.8 Å². The van der Waals surface area contributed by atoms with Crippen molar-refractivity contribution in [3.05, 3.63) is 120 Å². The van der Waals surface area contributed by atoms with Crippen LogP contribution in [-0.2, 0) is 30.3 Å². The van der Waals surface area contributed by atoms with Gasteiger partial charge in [-0.15, -0.1) is 0 Å². The average Bonchev–Trinajstić information content (AvgIpc) is 3.08. The molecule has 0 fully saturated rings. The molecule has 48 heavy (non-hydrogen) atoms. The van der Waals surface area contributed by atoms with Crippen LogP contribution in [0.25, 0.3) is 11.1 Å². The van der Waals surface area contributed by atoms with E-state index in [1.54, 1.807) is 60.8 Å². The molecule has 1 aromatic heterocycles. The standard InChI is InChI=1S/C36H35F3N4O5/c37-36(38,39)35(47)48-33(45)24-29(28-19-17-27(18-20-28)26-13-5-2-6-14-26)43-34(46)30(23-25-11-3-1-4-12-25)42-32(44)16-8-10-22-41-31-15-7-9-21-40-31/h1-7,9,11-15,17-21,29-30H,8,10,16,22-24H2,(H,40,41)(H,42,44)(H,43,46)/t29?,30-/m1/s1. The molecule has 1 heterocycles. The zero-order valence-corrected chi connectivity index (χ0v) is 25.9. The normalized spacial score (nSPS) is 12.3. The van der Waals surface area contributed by atoms with Crippen LogP contribution in [0.3, 0.4) is 0 Å². The SMILES string of the molecule is O=C(CCCCNc1ccccn1)N[C@H](Cc1ccccc1)C(=O)NC(CC(=O)OC(=O)C(F)(F)F)c1ccc(-c2ccccc2)cc1. The number of nitrogens with zero attached hydrogens (tertiary/aromatic N) is 1. The Hall–Kier alpha value is -5.52. The van der Waals surface area contributed by atoms with E-state index >= 15 is 0 Å².